The van der Waals surface area contributed by atoms with Crippen LogP contribution in [0.2, 0.25) is 0 Å². The van der Waals surface area contributed by atoms with Gasteiger partial charge in [0.25, 0.3) is 5.56 Å². The lowest BCUT2D eigenvalue weighted by atomic mass is 10.1. The van der Waals surface area contributed by atoms with Crippen LogP contribution >= 0.6 is 0 Å². The largest absolute Gasteiger partial charge is 0.349 e. The van der Waals surface area contributed by atoms with E-state index in [2.05, 4.69) is 20.6 Å². The zero-order valence-electron chi connectivity index (χ0n) is 15.3. The summed E-state index contributed by atoms with van der Waals surface area (Å²) in [6, 6.07) is 20.8. The maximum atomic E-state index is 12.5. The molecule has 2 aromatic heterocycles. The van der Waals surface area contributed by atoms with Crippen molar-refractivity contribution in [3.05, 3.63) is 88.5 Å². The summed E-state index contributed by atoms with van der Waals surface area (Å²) in [6.45, 7) is 1.92. The van der Waals surface area contributed by atoms with Gasteiger partial charge in [0.2, 0.25) is 5.91 Å². The summed E-state index contributed by atoms with van der Waals surface area (Å²) in [4.78, 5) is 24.7. The van der Waals surface area contributed by atoms with E-state index in [-0.39, 0.29) is 23.9 Å². The SMILES string of the molecule is C[C@H](NC(=O)Cc1n[nH]c(=O)c2cc(-c3ccccc3)nn12)c1ccccc1. The molecule has 0 spiro atoms. The number of hydrogen-bond acceptors (Lipinski definition) is 4. The Kier molecular flexibility index (Phi) is 4.72. The van der Waals surface area contributed by atoms with Gasteiger partial charge in [-0.1, -0.05) is 60.7 Å². The molecule has 28 heavy (non-hydrogen) atoms. The molecule has 0 saturated heterocycles. The molecule has 1 amide bonds. The Bertz CT molecular complexity index is 1170. The van der Waals surface area contributed by atoms with Crippen LogP contribution in [0.1, 0.15) is 24.4 Å². The fourth-order valence-electron chi connectivity index (χ4n) is 3.09. The highest BCUT2D eigenvalue weighted by molar-refractivity contribution is 5.78. The van der Waals surface area contributed by atoms with Gasteiger partial charge in [-0.05, 0) is 18.6 Å². The molecular formula is C21H19N5O2. The molecule has 1 atom stereocenters. The fourth-order valence-corrected chi connectivity index (χ4v) is 3.09. The van der Waals surface area contributed by atoms with Crippen molar-refractivity contribution in [1.29, 1.82) is 0 Å². The quantitative estimate of drug-likeness (QED) is 0.562. The highest BCUT2D eigenvalue weighted by Crippen LogP contribution is 2.18. The third kappa shape index (κ3) is 3.55. The van der Waals surface area contributed by atoms with Gasteiger partial charge in [-0.2, -0.15) is 10.2 Å². The molecular weight excluding hydrogens is 354 g/mol. The van der Waals surface area contributed by atoms with E-state index in [1.807, 2.05) is 67.6 Å². The van der Waals surface area contributed by atoms with Crippen molar-refractivity contribution in [2.75, 3.05) is 0 Å². The first-order valence-corrected chi connectivity index (χ1v) is 8.99. The van der Waals surface area contributed by atoms with Gasteiger partial charge in [0.15, 0.2) is 5.82 Å². The minimum atomic E-state index is -0.350. The van der Waals surface area contributed by atoms with Crippen molar-refractivity contribution in [3.8, 4) is 11.3 Å². The molecule has 2 N–H and O–H groups in total. The Hall–Kier alpha value is -3.74. The van der Waals surface area contributed by atoms with Crippen molar-refractivity contribution >= 4 is 11.4 Å². The number of H-pyrrole nitrogens is 1. The minimum Gasteiger partial charge on any atom is -0.349 e. The number of aromatic amines is 1. The zero-order chi connectivity index (χ0) is 19.5. The van der Waals surface area contributed by atoms with Crippen molar-refractivity contribution in [1.82, 2.24) is 25.1 Å². The normalized spacial score (nSPS) is 12.0. The van der Waals surface area contributed by atoms with E-state index in [0.717, 1.165) is 11.1 Å². The smallest absolute Gasteiger partial charge is 0.290 e. The first-order chi connectivity index (χ1) is 13.6. The fraction of sp³-hybridized carbons (Fsp3) is 0.143. The van der Waals surface area contributed by atoms with E-state index >= 15 is 0 Å². The van der Waals surface area contributed by atoms with E-state index in [1.54, 1.807) is 6.07 Å². The Balaban J connectivity index is 1.60. The summed E-state index contributed by atoms with van der Waals surface area (Å²) in [5.74, 6) is 0.170. The third-order valence-corrected chi connectivity index (χ3v) is 4.54. The number of rotatable bonds is 5. The summed E-state index contributed by atoms with van der Waals surface area (Å²) < 4.78 is 1.44. The molecule has 0 radical (unpaired) electrons. The monoisotopic (exact) mass is 373 g/mol. The van der Waals surface area contributed by atoms with Crippen LogP contribution in [0.4, 0.5) is 0 Å². The summed E-state index contributed by atoms with van der Waals surface area (Å²) in [5, 5.41) is 13.9. The number of benzene rings is 2. The van der Waals surface area contributed by atoms with Gasteiger partial charge < -0.3 is 5.32 Å². The predicted molar refractivity (Wildman–Crippen MR) is 106 cm³/mol. The number of nitrogens with zero attached hydrogens (tertiary/aromatic N) is 3. The highest BCUT2D eigenvalue weighted by Gasteiger charge is 2.16. The summed E-state index contributed by atoms with van der Waals surface area (Å²) >= 11 is 0. The lowest BCUT2D eigenvalue weighted by Gasteiger charge is -2.14. The number of carbonyl (C=O) groups is 1. The standard InChI is InChI=1S/C21H19N5O2/c1-14(15-8-4-2-5-9-15)22-20(27)13-19-23-24-21(28)18-12-17(25-26(18)19)16-10-6-3-7-11-16/h2-12,14H,13H2,1H3,(H,22,27)(H,24,28)/t14-/m0/s1. The molecule has 4 rings (SSSR count). The van der Waals surface area contributed by atoms with Crippen molar-refractivity contribution in [2.24, 2.45) is 0 Å². The Morgan fingerprint density at radius 1 is 1.11 bits per heavy atom. The van der Waals surface area contributed by atoms with Crippen LogP contribution in [0.15, 0.2) is 71.5 Å². The topological polar surface area (TPSA) is 92.1 Å². The van der Waals surface area contributed by atoms with Crippen molar-refractivity contribution in [3.63, 3.8) is 0 Å². The van der Waals surface area contributed by atoms with Crippen LogP contribution in [0.5, 0.6) is 0 Å². The number of nitrogens with one attached hydrogen (secondary N) is 2. The lowest BCUT2D eigenvalue weighted by Crippen LogP contribution is -2.30. The van der Waals surface area contributed by atoms with Gasteiger partial charge >= 0.3 is 0 Å². The number of fused-ring (bicyclic) bond motifs is 1. The molecule has 2 heterocycles. The molecule has 0 aliphatic heterocycles. The van der Waals surface area contributed by atoms with Crippen molar-refractivity contribution in [2.45, 2.75) is 19.4 Å². The van der Waals surface area contributed by atoms with Crippen LogP contribution in [-0.2, 0) is 11.2 Å². The van der Waals surface area contributed by atoms with Crippen LogP contribution in [0.25, 0.3) is 16.8 Å². The summed E-state index contributed by atoms with van der Waals surface area (Å²) in [6.07, 6.45) is 0.000360. The lowest BCUT2D eigenvalue weighted by molar-refractivity contribution is -0.121. The molecule has 0 bridgehead atoms. The highest BCUT2D eigenvalue weighted by atomic mass is 16.1. The Morgan fingerprint density at radius 2 is 1.79 bits per heavy atom. The summed E-state index contributed by atoms with van der Waals surface area (Å²) in [7, 11) is 0. The van der Waals surface area contributed by atoms with Gasteiger partial charge in [0, 0.05) is 5.56 Å². The zero-order valence-corrected chi connectivity index (χ0v) is 15.3. The third-order valence-electron chi connectivity index (χ3n) is 4.54. The van der Waals surface area contributed by atoms with Crippen LogP contribution in [-0.4, -0.2) is 25.7 Å². The van der Waals surface area contributed by atoms with Gasteiger partial charge in [-0.25, -0.2) is 9.61 Å². The van der Waals surface area contributed by atoms with Gasteiger partial charge in [0.05, 0.1) is 18.2 Å². The van der Waals surface area contributed by atoms with E-state index in [9.17, 15) is 9.59 Å². The summed E-state index contributed by atoms with van der Waals surface area (Å²) in [5.41, 5.74) is 2.56. The maximum absolute atomic E-state index is 12.5. The molecule has 0 saturated carbocycles. The van der Waals surface area contributed by atoms with E-state index in [0.29, 0.717) is 17.0 Å². The van der Waals surface area contributed by atoms with E-state index in [4.69, 9.17) is 0 Å². The molecule has 0 unspecified atom stereocenters. The second-order valence-corrected chi connectivity index (χ2v) is 6.54. The number of carbonyl (C=O) groups excluding carboxylic acids is 1. The number of aromatic nitrogens is 4. The Labute approximate surface area is 161 Å². The number of hydrogen-bond donors (Lipinski definition) is 2. The van der Waals surface area contributed by atoms with E-state index < -0.39 is 0 Å². The van der Waals surface area contributed by atoms with Gasteiger partial charge in [-0.15, -0.1) is 0 Å². The van der Waals surface area contributed by atoms with Crippen LogP contribution in [0.3, 0.4) is 0 Å². The van der Waals surface area contributed by atoms with Crippen LogP contribution in [0, 0.1) is 0 Å². The average Bonchev–Trinajstić information content (AvgIpc) is 3.18. The molecule has 7 nitrogen and oxygen atoms in total. The minimum absolute atomic E-state index is 0.000360. The van der Waals surface area contributed by atoms with Gasteiger partial charge in [-0.3, -0.25) is 9.59 Å². The number of amides is 1. The van der Waals surface area contributed by atoms with Crippen LogP contribution < -0.4 is 10.9 Å². The first-order valence-electron chi connectivity index (χ1n) is 8.99. The molecule has 140 valence electrons. The second kappa shape index (κ2) is 7.48. The van der Waals surface area contributed by atoms with Gasteiger partial charge in [0.1, 0.15) is 5.52 Å². The first kappa shape index (κ1) is 17.7. The maximum Gasteiger partial charge on any atom is 0.290 e. The molecule has 0 aliphatic carbocycles. The molecule has 0 fully saturated rings. The van der Waals surface area contributed by atoms with Crippen molar-refractivity contribution < 1.29 is 4.79 Å². The molecule has 7 heteroatoms. The Morgan fingerprint density at radius 3 is 2.50 bits per heavy atom. The average molecular weight is 373 g/mol. The molecule has 2 aromatic carbocycles. The molecule has 4 aromatic rings. The predicted octanol–water partition coefficient (Wildman–Crippen LogP) is 2.50. The second-order valence-electron chi connectivity index (χ2n) is 6.54. The van der Waals surface area contributed by atoms with E-state index in [1.165, 1.54) is 4.52 Å². The molecule has 0 aliphatic rings.